The van der Waals surface area contributed by atoms with Gasteiger partial charge in [-0.2, -0.15) is 0 Å². The van der Waals surface area contributed by atoms with Crippen LogP contribution in [0.15, 0.2) is 42.6 Å². The molecular weight excluding hydrogens is 795 g/mol. The van der Waals surface area contributed by atoms with Crippen molar-refractivity contribution in [3.8, 4) is 22.5 Å². The van der Waals surface area contributed by atoms with Crippen molar-refractivity contribution in [1.82, 2.24) is 35.2 Å². The molecule has 2 amide bonds. The highest BCUT2D eigenvalue weighted by molar-refractivity contribution is 5.95. The quantitative estimate of drug-likeness (QED) is 0.190. The van der Waals surface area contributed by atoms with Crippen LogP contribution in [0.3, 0.4) is 0 Å². The van der Waals surface area contributed by atoms with E-state index in [2.05, 4.69) is 59.0 Å². The number of amides is 2. The minimum atomic E-state index is -2.81. The number of anilines is 1. The number of ether oxygens (including phenoxy) is 2. The first-order chi connectivity index (χ1) is 29.6. The molecule has 8 rings (SSSR count). The molecule has 4 aromatic rings. The van der Waals surface area contributed by atoms with Crippen LogP contribution in [0.2, 0.25) is 0 Å². The number of aromatic nitrogens is 3. The van der Waals surface area contributed by atoms with E-state index in [1.807, 2.05) is 38.2 Å². The summed E-state index contributed by atoms with van der Waals surface area (Å²) in [6, 6.07) is 8.98. The lowest BCUT2D eigenvalue weighted by molar-refractivity contribution is -0.155. The summed E-state index contributed by atoms with van der Waals surface area (Å²) in [5.41, 5.74) is 9.14. The van der Waals surface area contributed by atoms with E-state index in [4.69, 9.17) is 19.4 Å². The number of nitrogens with one attached hydrogen (secondary N) is 2. The highest BCUT2D eigenvalue weighted by atomic mass is 19.3. The summed E-state index contributed by atoms with van der Waals surface area (Å²) in [5.74, 6) is -1.25. The molecule has 332 valence electrons. The van der Waals surface area contributed by atoms with E-state index < -0.39 is 35.8 Å². The Morgan fingerprint density at radius 1 is 1.10 bits per heavy atom. The Morgan fingerprint density at radius 3 is 2.55 bits per heavy atom. The number of hydrazine groups is 1. The molecule has 0 radical (unpaired) electrons. The number of hydrogen-bond acceptors (Lipinski definition) is 10. The first kappa shape index (κ1) is 43.7. The molecule has 6 heterocycles. The van der Waals surface area contributed by atoms with Crippen molar-refractivity contribution in [2.24, 2.45) is 17.3 Å². The summed E-state index contributed by atoms with van der Waals surface area (Å²) < 4.78 is 43.9. The number of pyridine rings is 2. The van der Waals surface area contributed by atoms with Crippen molar-refractivity contribution >= 4 is 34.4 Å². The number of methoxy groups -OCH3 is 1. The average Bonchev–Trinajstić information content (AvgIpc) is 3.94. The van der Waals surface area contributed by atoms with Gasteiger partial charge >= 0.3 is 5.97 Å². The number of fused-ring (bicyclic) bond motifs is 6. The van der Waals surface area contributed by atoms with E-state index >= 15 is 0 Å². The predicted molar refractivity (Wildman–Crippen MR) is 233 cm³/mol. The predicted octanol–water partition coefficient (Wildman–Crippen LogP) is 6.49. The fourth-order valence-corrected chi connectivity index (χ4v) is 9.29. The van der Waals surface area contributed by atoms with Gasteiger partial charge in [0.15, 0.2) is 0 Å². The second-order valence-electron chi connectivity index (χ2n) is 18.5. The number of rotatable bonds is 8. The minimum Gasteiger partial charge on any atom is -0.464 e. The van der Waals surface area contributed by atoms with E-state index in [1.165, 1.54) is 17.1 Å². The third-order valence-electron chi connectivity index (χ3n) is 13.2. The zero-order chi connectivity index (χ0) is 44.0. The molecule has 3 aliphatic heterocycles. The van der Waals surface area contributed by atoms with Crippen molar-refractivity contribution < 1.29 is 32.6 Å². The number of halogens is 2. The summed E-state index contributed by atoms with van der Waals surface area (Å²) in [6.07, 6.45) is 0.840. The Labute approximate surface area is 362 Å². The first-order valence-corrected chi connectivity index (χ1v) is 22.1. The van der Waals surface area contributed by atoms with Crippen LogP contribution in [0, 0.1) is 17.3 Å². The van der Waals surface area contributed by atoms with Gasteiger partial charge in [0.25, 0.3) is 12.3 Å². The molecule has 1 aliphatic carbocycles. The molecule has 6 bridgehead atoms. The SMILES string of the molecule is CCn1c(-c2cc(N3CCN(C)CC3)cnc2[C@H](C)OC)c2c3cc(ccc31)-c1cc(C(F)F)cc(n1)C[C@H](NC(=O)[C@H]1C[C@@H]1C)C(=O)N1CCC[C@H](N1)C(=O)OCC(C)(C)C2. The zero-order valence-corrected chi connectivity index (χ0v) is 37.0. The summed E-state index contributed by atoms with van der Waals surface area (Å²) >= 11 is 0. The number of hydrogen-bond donors (Lipinski definition) is 2. The number of likely N-dealkylation sites (N-methyl/N-ethyl adjacent to an activating group) is 1. The van der Waals surface area contributed by atoms with Crippen molar-refractivity contribution in [3.05, 3.63) is 65.1 Å². The molecule has 13 nitrogen and oxygen atoms in total. The highest BCUT2D eigenvalue weighted by Gasteiger charge is 2.42. The van der Waals surface area contributed by atoms with Crippen LogP contribution in [0.25, 0.3) is 33.4 Å². The summed E-state index contributed by atoms with van der Waals surface area (Å²) in [7, 11) is 3.81. The van der Waals surface area contributed by atoms with Crippen molar-refractivity contribution in [1.29, 1.82) is 0 Å². The average molecular weight is 855 g/mol. The summed E-state index contributed by atoms with van der Waals surface area (Å²) in [6.45, 7) is 14.8. The Morgan fingerprint density at radius 2 is 1.85 bits per heavy atom. The molecule has 5 atom stereocenters. The Hall–Kier alpha value is -4.99. The van der Waals surface area contributed by atoms with Crippen LogP contribution in [-0.4, -0.2) is 108 Å². The normalized spacial score (nSPS) is 23.9. The molecular formula is C47H60F2N8O5. The maximum absolute atomic E-state index is 14.8. The van der Waals surface area contributed by atoms with Gasteiger partial charge in [-0.25, -0.2) is 14.2 Å². The summed E-state index contributed by atoms with van der Waals surface area (Å²) in [5, 5.41) is 5.20. The van der Waals surface area contributed by atoms with Gasteiger partial charge < -0.3 is 29.2 Å². The number of esters is 1. The molecule has 0 unspecified atom stereocenters. The maximum atomic E-state index is 14.8. The van der Waals surface area contributed by atoms with Crippen molar-refractivity contribution in [2.75, 3.05) is 58.4 Å². The lowest BCUT2D eigenvalue weighted by atomic mass is 9.84. The molecule has 2 N–H and O–H groups in total. The summed E-state index contributed by atoms with van der Waals surface area (Å²) in [4.78, 5) is 56.2. The van der Waals surface area contributed by atoms with Gasteiger partial charge in [-0.3, -0.25) is 29.4 Å². The van der Waals surface area contributed by atoms with Crippen LogP contribution in [-0.2, 0) is 43.2 Å². The second kappa shape index (κ2) is 17.6. The highest BCUT2D eigenvalue weighted by Crippen LogP contribution is 2.43. The molecule has 15 heteroatoms. The van der Waals surface area contributed by atoms with Gasteiger partial charge in [0.05, 0.1) is 41.7 Å². The topological polar surface area (TPSA) is 134 Å². The number of carbonyl (C=O) groups is 3. The molecule has 1 saturated carbocycles. The van der Waals surface area contributed by atoms with Crippen LogP contribution in [0.4, 0.5) is 14.5 Å². The third-order valence-corrected chi connectivity index (χ3v) is 13.2. The number of piperazine rings is 1. The first-order valence-electron chi connectivity index (χ1n) is 22.1. The minimum absolute atomic E-state index is 0.0937. The van der Waals surface area contributed by atoms with Gasteiger partial charge in [-0.05, 0) is 88.4 Å². The van der Waals surface area contributed by atoms with Crippen molar-refractivity contribution in [3.63, 3.8) is 0 Å². The van der Waals surface area contributed by atoms with Gasteiger partial charge in [-0.1, -0.05) is 26.8 Å². The second-order valence-corrected chi connectivity index (χ2v) is 18.5. The molecule has 62 heavy (non-hydrogen) atoms. The van der Waals surface area contributed by atoms with Crippen LogP contribution in [0.1, 0.15) is 88.9 Å². The van der Waals surface area contributed by atoms with E-state index in [1.54, 1.807) is 7.11 Å². The Balaban J connectivity index is 1.32. The van der Waals surface area contributed by atoms with Crippen LogP contribution >= 0.6 is 0 Å². The molecule has 4 aliphatic rings. The lowest BCUT2D eigenvalue weighted by Crippen LogP contribution is -2.60. The molecule has 0 spiro atoms. The number of nitrogens with zero attached hydrogens (tertiary/aromatic N) is 6. The molecule has 1 aromatic carbocycles. The van der Waals surface area contributed by atoms with Crippen LogP contribution < -0.4 is 15.6 Å². The Kier molecular flexibility index (Phi) is 12.4. The fourth-order valence-electron chi connectivity index (χ4n) is 9.29. The molecule has 3 fully saturated rings. The van der Waals surface area contributed by atoms with Gasteiger partial charge in [0.1, 0.15) is 12.1 Å². The maximum Gasteiger partial charge on any atom is 0.324 e. The van der Waals surface area contributed by atoms with E-state index in [0.29, 0.717) is 50.0 Å². The number of cyclic esters (lactones) is 1. The molecule has 2 saturated heterocycles. The standard InChI is InChI=1S/C47H60F2N8O5/c1-8-56-40-12-11-29-20-34(40)36(42(56)35-23-32(25-50-41(35)28(3)61-7)55-16-14-54(6)15-17-55)24-47(4,5)26-62-46(60)37-10-9-13-57(53-37)45(59)39(52-44(58)33-18-27(33)2)22-31-19-30(43(48)49)21-38(29)51-31/h11-12,19-21,23,25,27-28,33,37,39,43,53H,8-10,13-18,22,24,26H2,1-7H3,(H,52,58)/t27-,28-,33-,37-,39-/m0/s1. The molecule has 3 aromatic heterocycles. The zero-order valence-electron chi connectivity index (χ0n) is 37.0. The van der Waals surface area contributed by atoms with Gasteiger partial charge in [0, 0.05) is 97.4 Å². The smallest absolute Gasteiger partial charge is 0.324 e. The Bertz CT molecular complexity index is 2340. The largest absolute Gasteiger partial charge is 0.464 e. The van der Waals surface area contributed by atoms with Gasteiger partial charge in [0.2, 0.25) is 5.91 Å². The van der Waals surface area contributed by atoms with E-state index in [-0.39, 0.29) is 48.1 Å². The van der Waals surface area contributed by atoms with Crippen LogP contribution in [0.5, 0.6) is 0 Å². The third kappa shape index (κ3) is 8.94. The number of aryl methyl sites for hydroxylation is 1. The fraction of sp³-hybridized carbons (Fsp3) is 0.553. The van der Waals surface area contributed by atoms with E-state index in [0.717, 1.165) is 65.3 Å². The lowest BCUT2D eigenvalue weighted by Gasteiger charge is -2.35. The van der Waals surface area contributed by atoms with E-state index in [9.17, 15) is 23.2 Å². The number of benzene rings is 1. The number of alkyl halides is 2. The van der Waals surface area contributed by atoms with Gasteiger partial charge in [-0.15, -0.1) is 0 Å². The number of carbonyl (C=O) groups excluding carboxylic acids is 3. The van der Waals surface area contributed by atoms with Crippen molar-refractivity contribution in [2.45, 2.75) is 97.9 Å². The monoisotopic (exact) mass is 854 g/mol.